The number of ether oxygens (including phenoxy) is 3. The number of aryl methyl sites for hydroxylation is 1. The fourth-order valence-corrected chi connectivity index (χ4v) is 2.07. The fraction of sp³-hybridized carbons (Fsp3) is 0.316. The summed E-state index contributed by atoms with van der Waals surface area (Å²) in [5, 5.41) is 2.83. The number of carbonyl (C=O) groups excluding carboxylic acids is 1. The first-order chi connectivity index (χ1) is 11.6. The van der Waals surface area contributed by atoms with Crippen molar-refractivity contribution >= 4 is 11.6 Å². The molecule has 1 N–H and O–H groups in total. The lowest BCUT2D eigenvalue weighted by molar-refractivity contribution is -0.122. The van der Waals surface area contributed by atoms with E-state index in [9.17, 15) is 4.79 Å². The predicted molar refractivity (Wildman–Crippen MR) is 93.7 cm³/mol. The van der Waals surface area contributed by atoms with E-state index in [1.54, 1.807) is 38.3 Å². The number of hydrogen-bond acceptors (Lipinski definition) is 4. The molecule has 2 aromatic carbocycles. The van der Waals surface area contributed by atoms with Crippen LogP contribution >= 0.6 is 0 Å². The van der Waals surface area contributed by atoms with Gasteiger partial charge in [-0.1, -0.05) is 12.1 Å². The van der Waals surface area contributed by atoms with Crippen molar-refractivity contribution in [2.24, 2.45) is 0 Å². The molecular formula is C19H23NO4. The molecule has 0 aromatic heterocycles. The highest BCUT2D eigenvalue weighted by Crippen LogP contribution is 2.17. The van der Waals surface area contributed by atoms with Crippen LogP contribution in [0.5, 0.6) is 11.5 Å². The average molecular weight is 329 g/mol. The Hall–Kier alpha value is -2.53. The smallest absolute Gasteiger partial charge is 0.265 e. The lowest BCUT2D eigenvalue weighted by Gasteiger charge is -2.15. The topological polar surface area (TPSA) is 56.8 Å². The number of methoxy groups -OCH3 is 1. The van der Waals surface area contributed by atoms with Gasteiger partial charge in [-0.05, 0) is 55.8 Å². The van der Waals surface area contributed by atoms with Crippen LogP contribution in [-0.4, -0.2) is 32.3 Å². The zero-order valence-electron chi connectivity index (χ0n) is 14.2. The summed E-state index contributed by atoms with van der Waals surface area (Å²) in [4.78, 5) is 12.2. The molecule has 128 valence electrons. The molecule has 0 fully saturated rings. The molecule has 1 atom stereocenters. The maximum Gasteiger partial charge on any atom is 0.265 e. The Morgan fingerprint density at radius 1 is 1.08 bits per heavy atom. The molecule has 0 aliphatic heterocycles. The van der Waals surface area contributed by atoms with Crippen LogP contribution in [0.15, 0.2) is 48.5 Å². The minimum Gasteiger partial charge on any atom is -0.491 e. The molecule has 0 heterocycles. The van der Waals surface area contributed by atoms with Crippen LogP contribution in [0.4, 0.5) is 5.69 Å². The van der Waals surface area contributed by atoms with Crippen molar-refractivity contribution in [3.05, 3.63) is 54.1 Å². The van der Waals surface area contributed by atoms with Crippen molar-refractivity contribution in [2.75, 3.05) is 25.6 Å². The minimum absolute atomic E-state index is 0.204. The van der Waals surface area contributed by atoms with Gasteiger partial charge in [0.1, 0.15) is 18.1 Å². The van der Waals surface area contributed by atoms with E-state index in [-0.39, 0.29) is 5.91 Å². The van der Waals surface area contributed by atoms with Crippen LogP contribution in [-0.2, 0) is 9.53 Å². The number of hydrogen-bond donors (Lipinski definition) is 1. The first-order valence-corrected chi connectivity index (χ1v) is 7.84. The molecule has 0 bridgehead atoms. The summed E-state index contributed by atoms with van der Waals surface area (Å²) in [5.41, 5.74) is 1.78. The molecule has 0 saturated heterocycles. The maximum atomic E-state index is 12.2. The third-order valence-corrected chi connectivity index (χ3v) is 3.35. The summed E-state index contributed by atoms with van der Waals surface area (Å²) in [7, 11) is 1.63. The summed E-state index contributed by atoms with van der Waals surface area (Å²) in [5.74, 6) is 1.21. The second-order valence-electron chi connectivity index (χ2n) is 5.43. The lowest BCUT2D eigenvalue weighted by Crippen LogP contribution is -2.30. The normalized spacial score (nSPS) is 11.6. The third-order valence-electron chi connectivity index (χ3n) is 3.35. The van der Waals surface area contributed by atoms with Crippen molar-refractivity contribution in [2.45, 2.75) is 20.0 Å². The van der Waals surface area contributed by atoms with E-state index in [1.165, 1.54) is 0 Å². The molecule has 0 radical (unpaired) electrons. The number of carbonyl (C=O) groups is 1. The van der Waals surface area contributed by atoms with Gasteiger partial charge in [0.25, 0.3) is 5.91 Å². The molecular weight excluding hydrogens is 306 g/mol. The van der Waals surface area contributed by atoms with E-state index < -0.39 is 6.10 Å². The molecule has 1 amide bonds. The van der Waals surface area contributed by atoms with Crippen LogP contribution in [0.25, 0.3) is 0 Å². The van der Waals surface area contributed by atoms with Gasteiger partial charge >= 0.3 is 0 Å². The Morgan fingerprint density at radius 3 is 2.50 bits per heavy atom. The van der Waals surface area contributed by atoms with Crippen molar-refractivity contribution in [3.8, 4) is 11.5 Å². The number of nitrogens with one attached hydrogen (secondary N) is 1. The van der Waals surface area contributed by atoms with E-state index >= 15 is 0 Å². The van der Waals surface area contributed by atoms with Crippen LogP contribution < -0.4 is 14.8 Å². The Bertz CT molecular complexity index is 655. The molecule has 5 heteroatoms. The zero-order valence-corrected chi connectivity index (χ0v) is 14.2. The van der Waals surface area contributed by atoms with Crippen LogP contribution in [0.1, 0.15) is 12.5 Å². The SMILES string of the molecule is COCCOc1ccc(NC(=O)C(C)Oc2cccc(C)c2)cc1. The molecule has 1 unspecified atom stereocenters. The molecule has 2 aromatic rings. The molecule has 2 rings (SSSR count). The van der Waals surface area contributed by atoms with Gasteiger partial charge in [0.15, 0.2) is 6.10 Å². The summed E-state index contributed by atoms with van der Waals surface area (Å²) in [6, 6.07) is 14.8. The van der Waals surface area contributed by atoms with Gasteiger partial charge in [-0.15, -0.1) is 0 Å². The Kier molecular flexibility index (Phi) is 6.63. The van der Waals surface area contributed by atoms with Gasteiger partial charge in [-0.2, -0.15) is 0 Å². The van der Waals surface area contributed by atoms with Gasteiger partial charge < -0.3 is 19.5 Å². The number of rotatable bonds is 8. The van der Waals surface area contributed by atoms with E-state index in [0.717, 1.165) is 11.3 Å². The molecule has 0 aliphatic carbocycles. The van der Waals surface area contributed by atoms with Crippen molar-refractivity contribution in [3.63, 3.8) is 0 Å². The summed E-state index contributed by atoms with van der Waals surface area (Å²) < 4.78 is 16.1. The van der Waals surface area contributed by atoms with Gasteiger partial charge in [0.05, 0.1) is 6.61 Å². The predicted octanol–water partition coefficient (Wildman–Crippen LogP) is 3.43. The van der Waals surface area contributed by atoms with Crippen molar-refractivity contribution < 1.29 is 19.0 Å². The standard InChI is InChI=1S/C19H23NO4/c1-14-5-4-6-18(13-14)24-15(2)19(21)20-16-7-9-17(10-8-16)23-12-11-22-3/h4-10,13,15H,11-12H2,1-3H3,(H,20,21). The zero-order chi connectivity index (χ0) is 17.4. The van der Waals surface area contributed by atoms with Gasteiger partial charge in [-0.25, -0.2) is 0 Å². The highest BCUT2D eigenvalue weighted by Gasteiger charge is 2.15. The fourth-order valence-electron chi connectivity index (χ4n) is 2.07. The quantitative estimate of drug-likeness (QED) is 0.754. The van der Waals surface area contributed by atoms with E-state index in [1.807, 2.05) is 31.2 Å². The number of anilines is 1. The first-order valence-electron chi connectivity index (χ1n) is 7.84. The Labute approximate surface area is 142 Å². The lowest BCUT2D eigenvalue weighted by atomic mass is 10.2. The molecule has 0 saturated carbocycles. The number of amides is 1. The van der Waals surface area contributed by atoms with Crippen molar-refractivity contribution in [1.29, 1.82) is 0 Å². The van der Waals surface area contributed by atoms with Gasteiger partial charge in [0.2, 0.25) is 0 Å². The first kappa shape index (κ1) is 17.8. The molecule has 0 spiro atoms. The summed E-state index contributed by atoms with van der Waals surface area (Å²) >= 11 is 0. The van der Waals surface area contributed by atoms with E-state index in [0.29, 0.717) is 24.7 Å². The largest absolute Gasteiger partial charge is 0.491 e. The minimum atomic E-state index is -0.593. The van der Waals surface area contributed by atoms with E-state index in [2.05, 4.69) is 5.32 Å². The molecule has 24 heavy (non-hydrogen) atoms. The van der Waals surface area contributed by atoms with Gasteiger partial charge in [0, 0.05) is 12.8 Å². The van der Waals surface area contributed by atoms with Gasteiger partial charge in [-0.3, -0.25) is 4.79 Å². The highest BCUT2D eigenvalue weighted by atomic mass is 16.5. The van der Waals surface area contributed by atoms with Crippen molar-refractivity contribution in [1.82, 2.24) is 0 Å². The average Bonchev–Trinajstić information content (AvgIpc) is 2.56. The Balaban J connectivity index is 1.86. The Morgan fingerprint density at radius 2 is 1.83 bits per heavy atom. The second-order valence-corrected chi connectivity index (χ2v) is 5.43. The summed E-state index contributed by atoms with van der Waals surface area (Å²) in [6.07, 6.45) is -0.593. The van der Waals surface area contributed by atoms with Crippen LogP contribution in [0.2, 0.25) is 0 Å². The highest BCUT2D eigenvalue weighted by molar-refractivity contribution is 5.94. The van der Waals surface area contributed by atoms with Crippen LogP contribution in [0, 0.1) is 6.92 Å². The molecule has 0 aliphatic rings. The molecule has 5 nitrogen and oxygen atoms in total. The maximum absolute atomic E-state index is 12.2. The second kappa shape index (κ2) is 8.93. The third kappa shape index (κ3) is 5.59. The van der Waals surface area contributed by atoms with E-state index in [4.69, 9.17) is 14.2 Å². The summed E-state index contributed by atoms with van der Waals surface area (Å²) in [6.45, 7) is 4.73. The van der Waals surface area contributed by atoms with Crippen LogP contribution in [0.3, 0.4) is 0 Å². The number of benzene rings is 2. The monoisotopic (exact) mass is 329 g/mol.